The molecule has 0 aromatic heterocycles. The minimum atomic E-state index is -0.0353. The molecular formula is C5H10CoN2O. The van der Waals surface area contributed by atoms with Crippen LogP contribution in [-0.2, 0) is 16.8 Å². The van der Waals surface area contributed by atoms with E-state index in [1.54, 1.807) is 0 Å². The number of hydrogen-bond acceptors (Lipinski definition) is 2. The van der Waals surface area contributed by atoms with E-state index in [2.05, 4.69) is 5.18 Å². The Bertz CT molecular complexity index is 95.0. The third-order valence-corrected chi connectivity index (χ3v) is 0.877. The Labute approximate surface area is 64.9 Å². The van der Waals surface area contributed by atoms with Crippen molar-refractivity contribution in [2.45, 2.75) is 26.2 Å². The van der Waals surface area contributed by atoms with Gasteiger partial charge in [-0.15, -0.1) is 4.91 Å². The molecule has 0 aromatic carbocycles. The molecule has 0 atom stereocenters. The van der Waals surface area contributed by atoms with E-state index in [-0.39, 0.29) is 22.6 Å². The van der Waals surface area contributed by atoms with Crippen molar-refractivity contribution in [3.8, 4) is 0 Å². The van der Waals surface area contributed by atoms with Gasteiger partial charge in [0.25, 0.3) is 0 Å². The van der Waals surface area contributed by atoms with E-state index in [4.69, 9.17) is 5.41 Å². The Balaban J connectivity index is 0. The predicted molar refractivity (Wildman–Crippen MR) is 33.0 cm³/mol. The van der Waals surface area contributed by atoms with E-state index in [9.17, 15) is 4.91 Å². The van der Waals surface area contributed by atoms with E-state index in [0.717, 1.165) is 12.8 Å². The Morgan fingerprint density at radius 2 is 2.22 bits per heavy atom. The van der Waals surface area contributed by atoms with Crippen molar-refractivity contribution in [1.82, 2.24) is 0 Å². The molecule has 0 aliphatic carbocycles. The first kappa shape index (κ1) is 11.6. The summed E-state index contributed by atoms with van der Waals surface area (Å²) in [5.74, 6) is -0.0353. The van der Waals surface area contributed by atoms with Crippen molar-refractivity contribution in [3.63, 3.8) is 0 Å². The van der Waals surface area contributed by atoms with Crippen molar-refractivity contribution in [2.75, 3.05) is 0 Å². The van der Waals surface area contributed by atoms with Crippen LogP contribution in [0.15, 0.2) is 5.18 Å². The van der Waals surface area contributed by atoms with Crippen LogP contribution >= 0.6 is 0 Å². The quantitative estimate of drug-likeness (QED) is 0.395. The van der Waals surface area contributed by atoms with E-state index in [1.165, 1.54) is 0 Å². The fraction of sp³-hybridized carbons (Fsp3) is 0.800. The number of rotatable bonds is 3. The molecule has 0 saturated carbocycles. The number of unbranched alkanes of at least 4 members (excludes halogenated alkanes) is 1. The molecule has 0 rings (SSSR count). The van der Waals surface area contributed by atoms with Crippen LogP contribution in [0.4, 0.5) is 0 Å². The molecule has 0 saturated heterocycles. The molecule has 1 radical (unpaired) electrons. The first-order valence-corrected chi connectivity index (χ1v) is 2.72. The number of nitrogens with one attached hydrogen (secondary N) is 1. The normalized spacial score (nSPS) is 7.67. The zero-order chi connectivity index (χ0) is 6.41. The molecular weight excluding hydrogens is 163 g/mol. The smallest absolute Gasteiger partial charge is 0.165 e. The maximum atomic E-state index is 9.54. The predicted octanol–water partition coefficient (Wildman–Crippen LogP) is 1.92. The van der Waals surface area contributed by atoms with Crippen molar-refractivity contribution in [3.05, 3.63) is 4.91 Å². The second-order valence-electron chi connectivity index (χ2n) is 1.64. The molecule has 0 unspecified atom stereocenters. The summed E-state index contributed by atoms with van der Waals surface area (Å²) in [6, 6.07) is 0. The molecule has 0 spiro atoms. The van der Waals surface area contributed by atoms with Crippen molar-refractivity contribution < 1.29 is 16.8 Å². The van der Waals surface area contributed by atoms with Gasteiger partial charge in [-0.2, -0.15) is 0 Å². The summed E-state index contributed by atoms with van der Waals surface area (Å²) >= 11 is 0. The molecule has 3 nitrogen and oxygen atoms in total. The van der Waals surface area contributed by atoms with Gasteiger partial charge in [0.15, 0.2) is 5.84 Å². The van der Waals surface area contributed by atoms with Gasteiger partial charge in [-0.1, -0.05) is 13.3 Å². The Hall–Kier alpha value is -0.224. The zero-order valence-corrected chi connectivity index (χ0v) is 6.35. The van der Waals surface area contributed by atoms with Crippen LogP contribution < -0.4 is 0 Å². The Morgan fingerprint density at radius 3 is 2.56 bits per heavy atom. The van der Waals surface area contributed by atoms with Crippen LogP contribution in [0.2, 0.25) is 0 Å². The molecule has 0 bridgehead atoms. The van der Waals surface area contributed by atoms with Gasteiger partial charge in [-0.05, 0) is 11.6 Å². The largest absolute Gasteiger partial charge is 0.284 e. The summed E-state index contributed by atoms with van der Waals surface area (Å²) in [5, 5.41) is 9.22. The van der Waals surface area contributed by atoms with E-state index in [1.807, 2.05) is 6.92 Å². The summed E-state index contributed by atoms with van der Waals surface area (Å²) in [7, 11) is 0. The van der Waals surface area contributed by atoms with Crippen molar-refractivity contribution in [2.24, 2.45) is 5.18 Å². The molecule has 0 aliphatic rings. The molecule has 9 heavy (non-hydrogen) atoms. The Kier molecular flexibility index (Phi) is 9.99. The number of nitroso groups, excluding NO2 is 1. The summed E-state index contributed by atoms with van der Waals surface area (Å²) < 4.78 is 0. The molecule has 0 amide bonds. The molecule has 0 aliphatic heterocycles. The first-order valence-electron chi connectivity index (χ1n) is 2.72. The topological polar surface area (TPSA) is 53.3 Å². The molecule has 55 valence electrons. The second-order valence-corrected chi connectivity index (χ2v) is 1.64. The molecule has 0 heterocycles. The summed E-state index contributed by atoms with van der Waals surface area (Å²) in [6.45, 7) is 2.01. The van der Waals surface area contributed by atoms with Gasteiger partial charge in [0, 0.05) is 23.2 Å². The molecule has 1 N–H and O–H groups in total. The summed E-state index contributed by atoms with van der Waals surface area (Å²) in [5.41, 5.74) is 0. The Morgan fingerprint density at radius 1 is 1.67 bits per heavy atom. The average Bonchev–Trinajstić information content (AvgIpc) is 1.83. The molecule has 4 heteroatoms. The van der Waals surface area contributed by atoms with Crippen LogP contribution in [-0.4, -0.2) is 5.84 Å². The van der Waals surface area contributed by atoms with Gasteiger partial charge in [-0.3, -0.25) is 5.41 Å². The van der Waals surface area contributed by atoms with Gasteiger partial charge in [0.1, 0.15) is 0 Å². The maximum absolute atomic E-state index is 9.54. The average molecular weight is 173 g/mol. The number of amidine groups is 1. The van der Waals surface area contributed by atoms with Crippen LogP contribution in [0.1, 0.15) is 26.2 Å². The van der Waals surface area contributed by atoms with Gasteiger partial charge >= 0.3 is 0 Å². The second kappa shape index (κ2) is 7.78. The standard InChI is InChI=1S/C5H10N2O.Co/c1-2-3-4-5(6)7-8;/h6H,2-4H2,1H3;. The summed E-state index contributed by atoms with van der Waals surface area (Å²) in [6.07, 6.45) is 2.43. The third-order valence-electron chi connectivity index (χ3n) is 0.877. The fourth-order valence-corrected chi connectivity index (χ4v) is 0.390. The van der Waals surface area contributed by atoms with Crippen LogP contribution in [0.25, 0.3) is 0 Å². The monoisotopic (exact) mass is 173 g/mol. The van der Waals surface area contributed by atoms with Gasteiger partial charge < -0.3 is 0 Å². The van der Waals surface area contributed by atoms with Crippen molar-refractivity contribution >= 4 is 5.84 Å². The van der Waals surface area contributed by atoms with E-state index >= 15 is 0 Å². The maximum Gasteiger partial charge on any atom is 0.165 e. The number of nitrogens with zero attached hydrogens (tertiary/aromatic N) is 1. The van der Waals surface area contributed by atoms with Crippen LogP contribution in [0, 0.1) is 10.3 Å². The summed E-state index contributed by atoms with van der Waals surface area (Å²) in [4.78, 5) is 9.54. The van der Waals surface area contributed by atoms with E-state index in [0.29, 0.717) is 6.42 Å². The van der Waals surface area contributed by atoms with E-state index < -0.39 is 0 Å². The fourth-order valence-electron chi connectivity index (χ4n) is 0.390. The van der Waals surface area contributed by atoms with Crippen LogP contribution in [0.5, 0.6) is 0 Å². The van der Waals surface area contributed by atoms with Gasteiger partial charge in [0.2, 0.25) is 0 Å². The van der Waals surface area contributed by atoms with Crippen LogP contribution in [0.3, 0.4) is 0 Å². The van der Waals surface area contributed by atoms with Gasteiger partial charge in [0.05, 0.1) is 0 Å². The minimum absolute atomic E-state index is 0. The third kappa shape index (κ3) is 7.78. The SMILES string of the molecule is CCCCC(=N)N=O.[Co]. The zero-order valence-electron chi connectivity index (χ0n) is 5.31. The van der Waals surface area contributed by atoms with Gasteiger partial charge in [-0.25, -0.2) is 0 Å². The molecule has 0 aromatic rings. The molecule has 0 fully saturated rings. The van der Waals surface area contributed by atoms with Crippen molar-refractivity contribution in [1.29, 1.82) is 5.41 Å². The first-order chi connectivity index (χ1) is 3.81. The number of hydrogen-bond donors (Lipinski definition) is 1. The minimum Gasteiger partial charge on any atom is -0.284 e.